The van der Waals surface area contributed by atoms with Crippen LogP contribution >= 0.6 is 11.8 Å². The van der Waals surface area contributed by atoms with Crippen LogP contribution in [0.5, 0.6) is 0 Å². The lowest BCUT2D eigenvalue weighted by Gasteiger charge is -2.18. The van der Waals surface area contributed by atoms with E-state index in [0.717, 1.165) is 0 Å². The summed E-state index contributed by atoms with van der Waals surface area (Å²) >= 11 is 1.30. The molecule has 8 heteroatoms. The van der Waals surface area contributed by atoms with Gasteiger partial charge in [0.1, 0.15) is 11.2 Å². The standard InChI is InChI=1S/C15H14N4O3S/c1-10(20)14-13(9-23-15-16-7-8-17(15)2)18(21)11-5-3-4-6-12(11)19(14)22/h3-8H,9H2,1-2H3. The van der Waals surface area contributed by atoms with Crippen LogP contribution in [-0.4, -0.2) is 20.1 Å². The first-order valence-electron chi connectivity index (χ1n) is 6.88. The van der Waals surface area contributed by atoms with Gasteiger partial charge < -0.3 is 14.5 Å². The summed E-state index contributed by atoms with van der Waals surface area (Å²) in [5, 5.41) is 13.3. The van der Waals surface area contributed by atoms with Crippen LogP contribution < -0.4 is 4.43 Å². The fraction of sp³-hybridized carbons (Fsp3) is 0.200. The zero-order valence-electron chi connectivity index (χ0n) is 12.6. The van der Waals surface area contributed by atoms with E-state index < -0.39 is 5.78 Å². The Morgan fingerprint density at radius 1 is 1.39 bits per heavy atom. The lowest BCUT2D eigenvalue weighted by Crippen LogP contribution is -2.30. The normalized spacial score (nSPS) is 11.0. The first kappa shape index (κ1) is 15.3. The largest absolute Gasteiger partial charge is 0.805 e. The van der Waals surface area contributed by atoms with Crippen LogP contribution in [-0.2, 0) is 12.8 Å². The van der Waals surface area contributed by atoms with Crippen molar-refractivity contribution < 1.29 is 9.22 Å². The number of hydrogen-bond acceptors (Lipinski definition) is 5. The Kier molecular flexibility index (Phi) is 3.91. The molecule has 23 heavy (non-hydrogen) atoms. The summed E-state index contributed by atoms with van der Waals surface area (Å²) in [6, 6.07) is 6.43. The van der Waals surface area contributed by atoms with E-state index in [1.54, 1.807) is 35.2 Å². The van der Waals surface area contributed by atoms with Gasteiger partial charge in [-0.3, -0.25) is 4.79 Å². The number of para-hydroxylation sites is 2. The highest BCUT2D eigenvalue weighted by Gasteiger charge is 2.26. The maximum atomic E-state index is 12.6. The van der Waals surface area contributed by atoms with Gasteiger partial charge in [0, 0.05) is 43.1 Å². The van der Waals surface area contributed by atoms with Gasteiger partial charge >= 0.3 is 5.69 Å². The topological polar surface area (TPSA) is 85.8 Å². The van der Waals surface area contributed by atoms with Gasteiger partial charge in [-0.15, -0.1) is 0 Å². The monoisotopic (exact) mass is 330 g/mol. The zero-order chi connectivity index (χ0) is 16.6. The quantitative estimate of drug-likeness (QED) is 0.415. The number of Topliss-reactive ketones (excluding diaryl/α,β-unsaturated/α-hetero) is 1. The number of carbonyl (C=O) groups is 1. The van der Waals surface area contributed by atoms with Crippen molar-refractivity contribution in [3.05, 3.63) is 58.2 Å². The molecule has 7 nitrogen and oxygen atoms in total. The molecule has 0 unspecified atom stereocenters. The number of carbonyl (C=O) groups excluding carboxylic acids is 1. The molecule has 1 aromatic carbocycles. The SMILES string of the molecule is CC(=O)c1c(CSc2nccn2C)n([O-])c2ccccc2[n+]1=O. The average molecular weight is 330 g/mol. The van der Waals surface area contributed by atoms with Crippen molar-refractivity contribution >= 4 is 28.6 Å². The number of fused-ring (bicyclic) bond motifs is 1. The Hall–Kier alpha value is -2.61. The second-order valence-electron chi connectivity index (χ2n) is 5.04. The third kappa shape index (κ3) is 2.61. The van der Waals surface area contributed by atoms with Gasteiger partial charge in [0.25, 0.3) is 5.52 Å². The van der Waals surface area contributed by atoms with Crippen molar-refractivity contribution in [2.45, 2.75) is 17.8 Å². The molecule has 118 valence electrons. The van der Waals surface area contributed by atoms with Crippen molar-refractivity contribution in [2.24, 2.45) is 7.05 Å². The zero-order valence-corrected chi connectivity index (χ0v) is 13.4. The van der Waals surface area contributed by atoms with E-state index in [0.29, 0.717) is 14.3 Å². The number of nitrogens with zero attached hydrogens (tertiary/aromatic N) is 4. The smallest absolute Gasteiger partial charge is 0.325 e. The molecule has 0 atom stereocenters. The van der Waals surface area contributed by atoms with Gasteiger partial charge in [-0.05, 0) is 6.07 Å². The lowest BCUT2D eigenvalue weighted by atomic mass is 10.2. The highest BCUT2D eigenvalue weighted by atomic mass is 32.2. The number of aryl methyl sites for hydroxylation is 1. The van der Waals surface area contributed by atoms with Crippen LogP contribution in [0, 0.1) is 10.1 Å². The Morgan fingerprint density at radius 2 is 2.13 bits per heavy atom. The fourth-order valence-electron chi connectivity index (χ4n) is 2.38. The molecule has 0 aliphatic carbocycles. The second-order valence-corrected chi connectivity index (χ2v) is 5.98. The number of imidazole rings is 1. The third-order valence-corrected chi connectivity index (χ3v) is 4.56. The molecular weight excluding hydrogens is 316 g/mol. The molecule has 0 aliphatic rings. The first-order valence-corrected chi connectivity index (χ1v) is 7.87. The minimum absolute atomic E-state index is 0.125. The second kappa shape index (κ2) is 5.88. The summed E-state index contributed by atoms with van der Waals surface area (Å²) in [5.41, 5.74) is 0.431. The summed E-state index contributed by atoms with van der Waals surface area (Å²) < 4.78 is 3.01. The Morgan fingerprint density at radius 3 is 2.78 bits per heavy atom. The van der Waals surface area contributed by atoms with Gasteiger partial charge in [-0.2, -0.15) is 0 Å². The summed E-state index contributed by atoms with van der Waals surface area (Å²) in [6.07, 6.45) is 3.43. The highest BCUT2D eigenvalue weighted by Crippen LogP contribution is 2.24. The fourth-order valence-corrected chi connectivity index (χ4v) is 3.30. The molecule has 2 aromatic heterocycles. The number of aromatic nitrogens is 4. The molecule has 0 saturated carbocycles. The van der Waals surface area contributed by atoms with E-state index >= 15 is 0 Å². The number of rotatable bonds is 4. The lowest BCUT2D eigenvalue weighted by molar-refractivity contribution is -0.468. The summed E-state index contributed by atoms with van der Waals surface area (Å²) in [6.45, 7) is 1.29. The van der Waals surface area contributed by atoms with Crippen LogP contribution in [0.1, 0.15) is 23.1 Å². The van der Waals surface area contributed by atoms with Crippen molar-refractivity contribution in [1.29, 1.82) is 0 Å². The summed E-state index contributed by atoms with van der Waals surface area (Å²) in [7, 11) is 1.83. The molecule has 0 bridgehead atoms. The van der Waals surface area contributed by atoms with Crippen LogP contribution in [0.3, 0.4) is 0 Å². The van der Waals surface area contributed by atoms with Gasteiger partial charge in [0.15, 0.2) is 5.16 Å². The average Bonchev–Trinajstić information content (AvgIpc) is 2.94. The first-order chi connectivity index (χ1) is 11.0. The number of thioether (sulfide) groups is 1. The summed E-state index contributed by atoms with van der Waals surface area (Å²) in [5.74, 6) is -0.262. The number of benzene rings is 1. The molecular formula is C15H14N4O3S. The predicted octanol–water partition coefficient (Wildman–Crippen LogP) is 2.13. The third-order valence-electron chi connectivity index (χ3n) is 3.49. The van der Waals surface area contributed by atoms with E-state index in [4.69, 9.17) is 0 Å². The number of hydrogen-bond donors (Lipinski definition) is 0. The van der Waals surface area contributed by atoms with Crippen LogP contribution in [0.15, 0.2) is 41.8 Å². The molecule has 0 amide bonds. The molecule has 0 spiro atoms. The van der Waals surface area contributed by atoms with E-state index in [-0.39, 0.29) is 28.2 Å². The Labute approximate surface area is 135 Å². The molecule has 2 heterocycles. The Bertz CT molecular complexity index is 961. The molecule has 0 aliphatic heterocycles. The van der Waals surface area contributed by atoms with Gasteiger partial charge in [0.05, 0.1) is 4.43 Å². The highest BCUT2D eigenvalue weighted by molar-refractivity contribution is 7.98. The van der Waals surface area contributed by atoms with Crippen molar-refractivity contribution in [3.8, 4) is 0 Å². The van der Waals surface area contributed by atoms with Gasteiger partial charge in [-0.25, -0.2) is 4.98 Å². The Balaban J connectivity index is 2.16. The van der Waals surface area contributed by atoms with E-state index in [1.807, 2.05) is 7.05 Å². The molecule has 0 saturated heterocycles. The van der Waals surface area contributed by atoms with Crippen molar-refractivity contribution in [1.82, 2.24) is 14.3 Å². The maximum Gasteiger partial charge on any atom is 0.325 e. The van der Waals surface area contributed by atoms with E-state index in [9.17, 15) is 14.9 Å². The molecule has 3 aromatic rings. The van der Waals surface area contributed by atoms with Crippen molar-refractivity contribution in [3.63, 3.8) is 0 Å². The van der Waals surface area contributed by atoms with Gasteiger partial charge in [0.2, 0.25) is 5.78 Å². The van der Waals surface area contributed by atoms with Crippen LogP contribution in [0.2, 0.25) is 0 Å². The predicted molar refractivity (Wildman–Crippen MR) is 86.8 cm³/mol. The number of ketones is 1. The van der Waals surface area contributed by atoms with Crippen LogP contribution in [0.4, 0.5) is 0 Å². The minimum Gasteiger partial charge on any atom is -0.805 e. The maximum absolute atomic E-state index is 12.6. The molecule has 3 rings (SSSR count). The minimum atomic E-state index is -0.439. The van der Waals surface area contributed by atoms with E-state index in [1.165, 1.54) is 24.8 Å². The molecule has 0 radical (unpaired) electrons. The summed E-state index contributed by atoms with van der Waals surface area (Å²) in [4.78, 5) is 28.6. The van der Waals surface area contributed by atoms with Crippen molar-refractivity contribution in [2.75, 3.05) is 0 Å². The van der Waals surface area contributed by atoms with E-state index in [2.05, 4.69) is 4.98 Å². The molecule has 0 fully saturated rings. The molecule has 0 N–H and O–H groups in total. The van der Waals surface area contributed by atoms with Gasteiger partial charge in [-0.1, -0.05) is 23.9 Å². The van der Waals surface area contributed by atoms with Crippen LogP contribution in [0.25, 0.3) is 11.0 Å².